The minimum atomic E-state index is 0.359. The molecule has 0 aliphatic heterocycles. The van der Waals surface area contributed by atoms with Crippen LogP contribution in [0.5, 0.6) is 5.75 Å². The third-order valence-electron chi connectivity index (χ3n) is 2.81. The lowest BCUT2D eigenvalue weighted by molar-refractivity contribution is 0.111. The largest absolute Gasteiger partial charge is 0.486 e. The van der Waals surface area contributed by atoms with Crippen LogP contribution in [0, 0.1) is 6.92 Å². The minimum absolute atomic E-state index is 0.359. The fourth-order valence-corrected chi connectivity index (χ4v) is 2.61. The van der Waals surface area contributed by atoms with E-state index in [2.05, 4.69) is 4.98 Å². The number of aryl methyl sites for hydroxylation is 1. The number of rotatable bonds is 4. The number of thiazole rings is 1. The standard InChI is InChI=1S/C14H12N2O2S/c1-10-2-3-13(11(6-10)8-17)18-9-12-7-16-4-5-19-14(16)15-12/h2-8H,9H2,1H3. The summed E-state index contributed by atoms with van der Waals surface area (Å²) < 4.78 is 7.62. The highest BCUT2D eigenvalue weighted by Crippen LogP contribution is 2.20. The highest BCUT2D eigenvalue weighted by Gasteiger charge is 2.06. The van der Waals surface area contributed by atoms with E-state index in [4.69, 9.17) is 4.74 Å². The Hall–Kier alpha value is -2.14. The van der Waals surface area contributed by atoms with Gasteiger partial charge in [-0.3, -0.25) is 9.20 Å². The Morgan fingerprint density at radius 3 is 3.16 bits per heavy atom. The number of benzene rings is 1. The van der Waals surface area contributed by atoms with Crippen LogP contribution in [0.4, 0.5) is 0 Å². The van der Waals surface area contributed by atoms with Gasteiger partial charge in [0.05, 0.1) is 11.3 Å². The normalized spacial score (nSPS) is 10.8. The molecule has 0 fully saturated rings. The molecule has 0 spiro atoms. The molecule has 0 saturated heterocycles. The van der Waals surface area contributed by atoms with E-state index in [-0.39, 0.29) is 0 Å². The van der Waals surface area contributed by atoms with E-state index in [1.807, 2.05) is 47.3 Å². The molecular weight excluding hydrogens is 260 g/mol. The van der Waals surface area contributed by atoms with Gasteiger partial charge in [0.15, 0.2) is 11.2 Å². The molecule has 3 aromatic rings. The lowest BCUT2D eigenvalue weighted by atomic mass is 10.1. The summed E-state index contributed by atoms with van der Waals surface area (Å²) in [6, 6.07) is 5.56. The zero-order valence-electron chi connectivity index (χ0n) is 10.4. The molecule has 0 amide bonds. The summed E-state index contributed by atoms with van der Waals surface area (Å²) in [5.41, 5.74) is 2.46. The molecule has 0 aliphatic rings. The van der Waals surface area contributed by atoms with Gasteiger partial charge in [0, 0.05) is 17.8 Å². The molecule has 0 radical (unpaired) electrons. The van der Waals surface area contributed by atoms with Crippen molar-refractivity contribution in [2.45, 2.75) is 13.5 Å². The summed E-state index contributed by atoms with van der Waals surface area (Å²) >= 11 is 1.58. The monoisotopic (exact) mass is 272 g/mol. The Kier molecular flexibility index (Phi) is 3.05. The number of carbonyl (C=O) groups excluding carboxylic acids is 1. The van der Waals surface area contributed by atoms with Crippen LogP contribution in [0.2, 0.25) is 0 Å². The molecule has 2 heterocycles. The SMILES string of the molecule is Cc1ccc(OCc2cn3ccsc3n2)c(C=O)c1. The zero-order chi connectivity index (χ0) is 13.2. The number of carbonyl (C=O) groups is 1. The molecule has 0 atom stereocenters. The van der Waals surface area contributed by atoms with Gasteiger partial charge in [0.1, 0.15) is 12.4 Å². The van der Waals surface area contributed by atoms with Crippen LogP contribution in [0.1, 0.15) is 21.6 Å². The molecule has 5 heteroatoms. The number of imidazole rings is 1. The highest BCUT2D eigenvalue weighted by atomic mass is 32.1. The molecule has 4 nitrogen and oxygen atoms in total. The van der Waals surface area contributed by atoms with Gasteiger partial charge < -0.3 is 4.74 Å². The Morgan fingerprint density at radius 2 is 2.37 bits per heavy atom. The molecule has 0 unspecified atom stereocenters. The van der Waals surface area contributed by atoms with Gasteiger partial charge in [0.2, 0.25) is 0 Å². The summed E-state index contributed by atoms with van der Waals surface area (Å²) in [7, 11) is 0. The first-order valence-electron chi connectivity index (χ1n) is 5.86. The van der Waals surface area contributed by atoms with E-state index < -0.39 is 0 Å². The summed E-state index contributed by atoms with van der Waals surface area (Å²) in [5.74, 6) is 0.594. The van der Waals surface area contributed by atoms with E-state index in [9.17, 15) is 4.79 Å². The lowest BCUT2D eigenvalue weighted by Gasteiger charge is -2.07. The number of ether oxygens (including phenoxy) is 1. The van der Waals surface area contributed by atoms with E-state index in [0.29, 0.717) is 17.9 Å². The molecule has 0 saturated carbocycles. The molecule has 96 valence electrons. The molecule has 3 rings (SSSR count). The maximum absolute atomic E-state index is 11.0. The predicted molar refractivity (Wildman–Crippen MR) is 74.0 cm³/mol. The summed E-state index contributed by atoms with van der Waals surface area (Å²) in [5, 5.41) is 1.98. The fourth-order valence-electron chi connectivity index (χ4n) is 1.89. The molecule has 19 heavy (non-hydrogen) atoms. The smallest absolute Gasteiger partial charge is 0.193 e. The van der Waals surface area contributed by atoms with Crippen molar-refractivity contribution in [1.82, 2.24) is 9.38 Å². The van der Waals surface area contributed by atoms with E-state index in [1.54, 1.807) is 11.3 Å². The maximum Gasteiger partial charge on any atom is 0.193 e. The van der Waals surface area contributed by atoms with Gasteiger partial charge in [-0.1, -0.05) is 11.6 Å². The number of aromatic nitrogens is 2. The van der Waals surface area contributed by atoms with E-state index >= 15 is 0 Å². The Morgan fingerprint density at radius 1 is 1.47 bits per heavy atom. The van der Waals surface area contributed by atoms with Gasteiger partial charge in [-0.25, -0.2) is 4.98 Å². The van der Waals surface area contributed by atoms with Gasteiger partial charge in [-0.2, -0.15) is 0 Å². The molecule has 0 N–H and O–H groups in total. The second kappa shape index (κ2) is 4.85. The van der Waals surface area contributed by atoms with E-state index in [1.165, 1.54) is 0 Å². The summed E-state index contributed by atoms with van der Waals surface area (Å²) in [6.45, 7) is 2.30. The second-order valence-electron chi connectivity index (χ2n) is 4.27. The first kappa shape index (κ1) is 11.9. The Bertz CT molecular complexity index is 701. The van der Waals surface area contributed by atoms with E-state index in [0.717, 1.165) is 22.5 Å². The third kappa shape index (κ3) is 2.37. The van der Waals surface area contributed by atoms with Crippen molar-refractivity contribution in [2.75, 3.05) is 0 Å². The van der Waals surface area contributed by atoms with Crippen LogP contribution in [0.15, 0.2) is 36.0 Å². The average molecular weight is 272 g/mol. The predicted octanol–water partition coefficient (Wildman–Crippen LogP) is 3.10. The second-order valence-corrected chi connectivity index (χ2v) is 5.15. The van der Waals surface area contributed by atoms with Crippen molar-refractivity contribution >= 4 is 22.6 Å². The van der Waals surface area contributed by atoms with Crippen LogP contribution in [0.25, 0.3) is 4.96 Å². The van der Waals surface area contributed by atoms with Crippen molar-refractivity contribution in [3.63, 3.8) is 0 Å². The average Bonchev–Trinajstić information content (AvgIpc) is 2.97. The summed E-state index contributed by atoms with van der Waals surface area (Å²) in [4.78, 5) is 16.4. The van der Waals surface area contributed by atoms with Crippen LogP contribution < -0.4 is 4.74 Å². The van der Waals surface area contributed by atoms with Crippen LogP contribution in [0.3, 0.4) is 0 Å². The van der Waals surface area contributed by atoms with Crippen LogP contribution >= 0.6 is 11.3 Å². The number of nitrogens with zero attached hydrogens (tertiary/aromatic N) is 2. The topological polar surface area (TPSA) is 43.6 Å². The lowest BCUT2D eigenvalue weighted by Crippen LogP contribution is -1.98. The Labute approximate surface area is 114 Å². The quantitative estimate of drug-likeness (QED) is 0.685. The van der Waals surface area contributed by atoms with Crippen LogP contribution in [-0.4, -0.2) is 15.7 Å². The molecule has 0 bridgehead atoms. The van der Waals surface area contributed by atoms with Crippen LogP contribution in [-0.2, 0) is 6.61 Å². The Balaban J connectivity index is 1.78. The number of aldehydes is 1. The van der Waals surface area contributed by atoms with Crippen molar-refractivity contribution in [2.24, 2.45) is 0 Å². The maximum atomic E-state index is 11.0. The number of hydrogen-bond donors (Lipinski definition) is 0. The number of fused-ring (bicyclic) bond motifs is 1. The molecular formula is C14H12N2O2S. The zero-order valence-corrected chi connectivity index (χ0v) is 11.2. The highest BCUT2D eigenvalue weighted by molar-refractivity contribution is 7.15. The number of hydrogen-bond acceptors (Lipinski definition) is 4. The molecule has 0 aliphatic carbocycles. The fraction of sp³-hybridized carbons (Fsp3) is 0.143. The van der Waals surface area contributed by atoms with Gasteiger partial charge >= 0.3 is 0 Å². The molecule has 1 aromatic carbocycles. The van der Waals surface area contributed by atoms with Gasteiger partial charge in [-0.15, -0.1) is 11.3 Å². The van der Waals surface area contributed by atoms with Crippen molar-refractivity contribution in [3.8, 4) is 5.75 Å². The van der Waals surface area contributed by atoms with Crippen molar-refractivity contribution in [1.29, 1.82) is 0 Å². The summed E-state index contributed by atoms with van der Waals surface area (Å²) in [6.07, 6.45) is 4.70. The first-order chi connectivity index (χ1) is 9.26. The van der Waals surface area contributed by atoms with Crippen molar-refractivity contribution in [3.05, 3.63) is 52.8 Å². The minimum Gasteiger partial charge on any atom is -0.486 e. The third-order valence-corrected chi connectivity index (χ3v) is 3.58. The van der Waals surface area contributed by atoms with Gasteiger partial charge in [0.25, 0.3) is 0 Å². The van der Waals surface area contributed by atoms with Gasteiger partial charge in [-0.05, 0) is 19.1 Å². The van der Waals surface area contributed by atoms with Crippen molar-refractivity contribution < 1.29 is 9.53 Å². The molecule has 2 aromatic heterocycles. The first-order valence-corrected chi connectivity index (χ1v) is 6.74.